The van der Waals surface area contributed by atoms with E-state index in [0.29, 0.717) is 31.7 Å². The molecule has 3 N–H and O–H groups in total. The number of thioether (sulfide) groups is 1. The molecule has 7 nitrogen and oxygen atoms in total. The second kappa shape index (κ2) is 19.4. The molecule has 1 rings (SSSR count). The number of hydrogen-bond acceptors (Lipinski definition) is 4. The van der Waals surface area contributed by atoms with Crippen molar-refractivity contribution in [1.82, 2.24) is 10.2 Å². The SMILES string of the molecule is C/C(=C\CSCC(NC(=O)N1CCC(C(=O)O)CC1)C(=O)O)CCCC(C)CCCC(C)CCCC(C)C. The molecule has 38 heavy (non-hydrogen) atoms. The Morgan fingerprint density at radius 1 is 0.921 bits per heavy atom. The van der Waals surface area contributed by atoms with E-state index in [9.17, 15) is 19.5 Å². The molecular formula is C30H54N2O5S. The van der Waals surface area contributed by atoms with Gasteiger partial charge in [-0.05, 0) is 50.4 Å². The lowest BCUT2D eigenvalue weighted by Gasteiger charge is -2.31. The number of allylic oxidation sites excluding steroid dienone is 1. The molecule has 0 aromatic heterocycles. The summed E-state index contributed by atoms with van der Waals surface area (Å²) >= 11 is 1.50. The number of carboxylic acid groups (broad SMARTS) is 2. The average molecular weight is 555 g/mol. The normalized spacial score (nSPS) is 17.3. The number of urea groups is 1. The zero-order chi connectivity index (χ0) is 28.5. The molecule has 1 aliphatic rings. The summed E-state index contributed by atoms with van der Waals surface area (Å²) in [6, 6.07) is -1.39. The zero-order valence-electron chi connectivity index (χ0n) is 24.5. The number of carbonyl (C=O) groups excluding carboxylic acids is 1. The van der Waals surface area contributed by atoms with Crippen molar-refractivity contribution in [2.24, 2.45) is 23.7 Å². The number of hydrogen-bond donors (Lipinski definition) is 3. The summed E-state index contributed by atoms with van der Waals surface area (Å²) in [6.45, 7) is 12.2. The van der Waals surface area contributed by atoms with E-state index in [1.54, 1.807) is 0 Å². The van der Waals surface area contributed by atoms with Gasteiger partial charge in [-0.15, -0.1) is 0 Å². The molecule has 0 bridgehead atoms. The largest absolute Gasteiger partial charge is 0.481 e. The van der Waals surface area contributed by atoms with Crippen LogP contribution in [0.2, 0.25) is 0 Å². The molecule has 0 radical (unpaired) electrons. The van der Waals surface area contributed by atoms with Crippen LogP contribution in [0.5, 0.6) is 0 Å². The minimum absolute atomic E-state index is 0.295. The van der Waals surface area contributed by atoms with E-state index in [4.69, 9.17) is 5.11 Å². The van der Waals surface area contributed by atoms with Crippen LogP contribution in [0, 0.1) is 23.7 Å². The Labute approximate surface area is 235 Å². The first-order chi connectivity index (χ1) is 18.0. The van der Waals surface area contributed by atoms with Gasteiger partial charge in [0.25, 0.3) is 0 Å². The van der Waals surface area contributed by atoms with Gasteiger partial charge >= 0.3 is 18.0 Å². The van der Waals surface area contributed by atoms with Gasteiger partial charge in [0, 0.05) is 24.6 Å². The fourth-order valence-electron chi connectivity index (χ4n) is 4.94. The van der Waals surface area contributed by atoms with Crippen LogP contribution in [0.25, 0.3) is 0 Å². The van der Waals surface area contributed by atoms with Crippen molar-refractivity contribution in [3.05, 3.63) is 11.6 Å². The first-order valence-corrected chi connectivity index (χ1v) is 15.9. The van der Waals surface area contributed by atoms with Crippen molar-refractivity contribution < 1.29 is 24.6 Å². The monoisotopic (exact) mass is 554 g/mol. The quantitative estimate of drug-likeness (QED) is 0.116. The summed E-state index contributed by atoms with van der Waals surface area (Å²) in [5.41, 5.74) is 1.33. The third kappa shape index (κ3) is 15.6. The highest BCUT2D eigenvalue weighted by atomic mass is 32.2. The number of amides is 2. The second-order valence-corrected chi connectivity index (χ2v) is 13.0. The van der Waals surface area contributed by atoms with E-state index in [1.807, 2.05) is 0 Å². The minimum Gasteiger partial charge on any atom is -0.481 e. The third-order valence-corrected chi connectivity index (χ3v) is 8.67. The molecule has 1 saturated heterocycles. The van der Waals surface area contributed by atoms with Crippen molar-refractivity contribution in [3.63, 3.8) is 0 Å². The first kappa shape index (κ1) is 34.3. The maximum Gasteiger partial charge on any atom is 0.327 e. The van der Waals surface area contributed by atoms with Crippen molar-refractivity contribution >= 4 is 29.7 Å². The van der Waals surface area contributed by atoms with Gasteiger partial charge in [0.2, 0.25) is 0 Å². The van der Waals surface area contributed by atoms with Gasteiger partial charge in [-0.1, -0.05) is 84.3 Å². The Hall–Kier alpha value is -1.70. The number of piperidine rings is 1. The fourth-order valence-corrected chi connectivity index (χ4v) is 5.94. The van der Waals surface area contributed by atoms with Gasteiger partial charge in [-0.25, -0.2) is 9.59 Å². The molecule has 1 heterocycles. The second-order valence-electron chi connectivity index (χ2n) is 11.9. The van der Waals surface area contributed by atoms with Crippen LogP contribution in [0.15, 0.2) is 11.6 Å². The van der Waals surface area contributed by atoms with E-state index in [-0.39, 0.29) is 0 Å². The molecule has 8 heteroatoms. The van der Waals surface area contributed by atoms with Crippen LogP contribution < -0.4 is 5.32 Å². The number of carbonyl (C=O) groups is 3. The standard InChI is InChI=1S/C30H54N2O5S/c1-22(2)9-6-10-23(3)11-7-12-24(4)13-8-14-25(5)17-20-38-21-27(29(35)36)31-30(37)32-18-15-26(16-19-32)28(33)34/h17,22-24,26-27H,6-16,18-21H2,1-5H3,(H,31,37)(H,33,34)(H,35,36)/b25-17+. The highest BCUT2D eigenvalue weighted by Crippen LogP contribution is 2.22. The van der Waals surface area contributed by atoms with Crippen LogP contribution in [0.4, 0.5) is 4.79 Å². The smallest absolute Gasteiger partial charge is 0.327 e. The van der Waals surface area contributed by atoms with Crippen LogP contribution in [0.3, 0.4) is 0 Å². The molecular weight excluding hydrogens is 500 g/mol. The van der Waals surface area contributed by atoms with Crippen molar-refractivity contribution in [3.8, 4) is 0 Å². The van der Waals surface area contributed by atoms with Gasteiger partial charge in [-0.2, -0.15) is 11.8 Å². The average Bonchev–Trinajstić information content (AvgIpc) is 2.85. The van der Waals surface area contributed by atoms with Crippen LogP contribution >= 0.6 is 11.8 Å². The summed E-state index contributed by atoms with van der Waals surface area (Å²) in [4.78, 5) is 36.7. The van der Waals surface area contributed by atoms with E-state index in [2.05, 4.69) is 46.0 Å². The molecule has 1 fully saturated rings. The van der Waals surface area contributed by atoms with E-state index >= 15 is 0 Å². The molecule has 0 aromatic carbocycles. The maximum absolute atomic E-state index is 12.4. The molecule has 1 aliphatic heterocycles. The Morgan fingerprint density at radius 2 is 1.47 bits per heavy atom. The van der Waals surface area contributed by atoms with Gasteiger partial charge in [0.15, 0.2) is 0 Å². The lowest BCUT2D eigenvalue weighted by molar-refractivity contribution is -0.143. The summed E-state index contributed by atoms with van der Waals surface area (Å²) in [6.07, 6.45) is 14.5. The Morgan fingerprint density at radius 3 is 2.00 bits per heavy atom. The fraction of sp³-hybridized carbons (Fsp3) is 0.833. The number of nitrogens with one attached hydrogen (secondary N) is 1. The minimum atomic E-state index is -1.05. The Balaban J connectivity index is 2.20. The number of likely N-dealkylation sites (tertiary alicyclic amines) is 1. The van der Waals surface area contributed by atoms with Gasteiger partial charge < -0.3 is 20.4 Å². The predicted molar refractivity (Wildman–Crippen MR) is 158 cm³/mol. The van der Waals surface area contributed by atoms with Crippen molar-refractivity contribution in [2.45, 2.75) is 111 Å². The Kier molecular flexibility index (Phi) is 17.5. The molecule has 3 unspecified atom stereocenters. The lowest BCUT2D eigenvalue weighted by atomic mass is 9.91. The van der Waals surface area contributed by atoms with Crippen LogP contribution in [-0.2, 0) is 9.59 Å². The highest BCUT2D eigenvalue weighted by molar-refractivity contribution is 7.99. The molecule has 0 saturated carbocycles. The van der Waals surface area contributed by atoms with Gasteiger partial charge in [-0.3, -0.25) is 4.79 Å². The Bertz CT molecular complexity index is 734. The third-order valence-electron chi connectivity index (χ3n) is 7.70. The van der Waals surface area contributed by atoms with E-state index in [1.165, 1.54) is 73.6 Å². The number of rotatable bonds is 19. The topological polar surface area (TPSA) is 107 Å². The molecule has 0 aliphatic carbocycles. The summed E-state index contributed by atoms with van der Waals surface area (Å²) in [7, 11) is 0. The van der Waals surface area contributed by atoms with Crippen molar-refractivity contribution in [2.75, 3.05) is 24.6 Å². The van der Waals surface area contributed by atoms with Crippen LogP contribution in [0.1, 0.15) is 105 Å². The lowest BCUT2D eigenvalue weighted by Crippen LogP contribution is -2.51. The zero-order valence-corrected chi connectivity index (χ0v) is 25.4. The molecule has 220 valence electrons. The van der Waals surface area contributed by atoms with Crippen molar-refractivity contribution in [1.29, 1.82) is 0 Å². The number of nitrogens with zero attached hydrogens (tertiary/aromatic N) is 1. The summed E-state index contributed by atoms with van der Waals surface area (Å²) in [5.74, 6) is 1.12. The molecule has 0 spiro atoms. The maximum atomic E-state index is 12.4. The predicted octanol–water partition coefficient (Wildman–Crippen LogP) is 7.06. The van der Waals surface area contributed by atoms with E-state index < -0.39 is 29.9 Å². The summed E-state index contributed by atoms with van der Waals surface area (Å²) in [5, 5.41) is 21.2. The molecule has 2 amide bonds. The van der Waals surface area contributed by atoms with Crippen LogP contribution in [-0.4, -0.2) is 63.7 Å². The molecule has 3 atom stereocenters. The summed E-state index contributed by atoms with van der Waals surface area (Å²) < 4.78 is 0. The molecule has 0 aromatic rings. The highest BCUT2D eigenvalue weighted by Gasteiger charge is 2.29. The van der Waals surface area contributed by atoms with E-state index in [0.717, 1.165) is 29.9 Å². The number of aliphatic carboxylic acids is 2. The van der Waals surface area contributed by atoms with Gasteiger partial charge in [0.1, 0.15) is 6.04 Å². The number of carboxylic acids is 2. The first-order valence-electron chi connectivity index (χ1n) is 14.7. The van der Waals surface area contributed by atoms with Gasteiger partial charge in [0.05, 0.1) is 5.92 Å².